The number of fused-ring (bicyclic) bond motifs is 1. The molecule has 2 N–H and O–H groups in total. The summed E-state index contributed by atoms with van der Waals surface area (Å²) in [5.74, 6) is 0.859. The van der Waals surface area contributed by atoms with Gasteiger partial charge in [0.15, 0.2) is 0 Å². The molecule has 2 unspecified atom stereocenters. The minimum atomic E-state index is -2.64. The Balaban J connectivity index is 2.11. The smallest absolute Gasteiger partial charge is 0.309 e. The average Bonchev–Trinajstić information content (AvgIpc) is 2.26. The summed E-state index contributed by atoms with van der Waals surface area (Å²) in [4.78, 5) is 13.0. The van der Waals surface area contributed by atoms with Crippen molar-refractivity contribution in [3.05, 3.63) is 23.4 Å². The maximum absolute atomic E-state index is 10.6. The Morgan fingerprint density at radius 1 is 1.61 bits per heavy atom. The Labute approximate surface area is 108 Å². The molecule has 0 aromatic carbocycles. The van der Waals surface area contributed by atoms with Crippen LogP contribution in [0.2, 0.25) is 0 Å². The molecule has 2 atom stereocenters. The summed E-state index contributed by atoms with van der Waals surface area (Å²) >= 11 is 0. The summed E-state index contributed by atoms with van der Waals surface area (Å²) < 4.78 is 15.4. The van der Waals surface area contributed by atoms with E-state index in [2.05, 4.69) is 24.1 Å². The molecule has 5 nitrogen and oxygen atoms in total. The molecular weight excluding hydrogens is 251 g/mol. The number of hydrogen-bond acceptors (Lipinski definition) is 4. The summed E-state index contributed by atoms with van der Waals surface area (Å²) in [6, 6.07) is 3.95. The van der Waals surface area contributed by atoms with Gasteiger partial charge in [-0.1, -0.05) is 19.9 Å². The molecule has 1 aliphatic rings. The molecule has 98 valence electrons. The van der Waals surface area contributed by atoms with Gasteiger partial charge in [0.05, 0.1) is 5.69 Å². The van der Waals surface area contributed by atoms with Gasteiger partial charge >= 0.3 is 8.25 Å². The van der Waals surface area contributed by atoms with Crippen LogP contribution < -0.4 is 9.84 Å². The lowest BCUT2D eigenvalue weighted by molar-refractivity contribution is 0.385. The van der Waals surface area contributed by atoms with E-state index in [0.717, 1.165) is 30.6 Å². The lowest BCUT2D eigenvalue weighted by Crippen LogP contribution is -2.37. The highest BCUT2D eigenvalue weighted by atomic mass is 31.1. The highest BCUT2D eigenvalue weighted by molar-refractivity contribution is 7.32. The van der Waals surface area contributed by atoms with Crippen LogP contribution in [-0.4, -0.2) is 15.9 Å². The van der Waals surface area contributed by atoms with Crippen molar-refractivity contribution in [2.24, 2.45) is 5.92 Å². The standard InChI is InChI=1S/C12H17N2O3P/c1-8(2)5-10-6-11-9(7-13-10)3-4-12(14-11)17-18(15)16/h3-4,8,10,13H,5-7H2,1-2H3/p+1. The lowest BCUT2D eigenvalue weighted by Gasteiger charge is -2.26. The van der Waals surface area contributed by atoms with Gasteiger partial charge in [0.1, 0.15) is 0 Å². The van der Waals surface area contributed by atoms with Crippen molar-refractivity contribution in [1.82, 2.24) is 10.3 Å². The van der Waals surface area contributed by atoms with E-state index in [1.54, 1.807) is 6.07 Å². The average molecular weight is 269 g/mol. The van der Waals surface area contributed by atoms with Gasteiger partial charge in [0.25, 0.3) is 5.88 Å². The van der Waals surface area contributed by atoms with E-state index in [-0.39, 0.29) is 5.88 Å². The molecule has 0 spiro atoms. The third kappa shape index (κ3) is 3.48. The van der Waals surface area contributed by atoms with Gasteiger partial charge < -0.3 is 5.32 Å². The third-order valence-electron chi connectivity index (χ3n) is 2.99. The molecule has 0 fully saturated rings. The van der Waals surface area contributed by atoms with E-state index in [1.165, 1.54) is 0 Å². The molecule has 0 saturated heterocycles. The van der Waals surface area contributed by atoms with Crippen molar-refractivity contribution < 1.29 is 14.0 Å². The first-order chi connectivity index (χ1) is 8.54. The summed E-state index contributed by atoms with van der Waals surface area (Å²) in [5.41, 5.74) is 2.10. The minimum Gasteiger partial charge on any atom is -0.309 e. The molecule has 2 rings (SSSR count). The van der Waals surface area contributed by atoms with Gasteiger partial charge in [0.2, 0.25) is 0 Å². The van der Waals surface area contributed by atoms with Gasteiger partial charge in [0, 0.05) is 29.6 Å². The van der Waals surface area contributed by atoms with Crippen molar-refractivity contribution in [1.29, 1.82) is 0 Å². The molecular formula is C12H18N2O3P+. The van der Waals surface area contributed by atoms with Gasteiger partial charge in [-0.15, -0.1) is 4.89 Å². The first-order valence-corrected chi connectivity index (χ1v) is 7.24. The Bertz CT molecular complexity index is 451. The van der Waals surface area contributed by atoms with E-state index >= 15 is 0 Å². The number of rotatable bonds is 4. The highest BCUT2D eigenvalue weighted by Crippen LogP contribution is 2.25. The van der Waals surface area contributed by atoms with Crippen LogP contribution >= 0.6 is 8.25 Å². The van der Waals surface area contributed by atoms with E-state index in [4.69, 9.17) is 9.42 Å². The number of pyridine rings is 1. The predicted octanol–water partition coefficient (Wildman–Crippen LogP) is 2.17. The van der Waals surface area contributed by atoms with Gasteiger partial charge in [-0.25, -0.2) is 9.51 Å². The zero-order chi connectivity index (χ0) is 13.1. The van der Waals surface area contributed by atoms with Crippen molar-refractivity contribution in [2.75, 3.05) is 0 Å². The lowest BCUT2D eigenvalue weighted by atomic mass is 9.94. The number of hydrogen-bond donors (Lipinski definition) is 2. The maximum atomic E-state index is 10.6. The maximum Gasteiger partial charge on any atom is 0.749 e. The molecule has 0 bridgehead atoms. The van der Waals surface area contributed by atoms with Crippen LogP contribution in [0.1, 0.15) is 31.5 Å². The molecule has 1 aromatic heterocycles. The highest BCUT2D eigenvalue weighted by Gasteiger charge is 2.22. The monoisotopic (exact) mass is 269 g/mol. The summed E-state index contributed by atoms with van der Waals surface area (Å²) in [6.07, 6.45) is 1.94. The van der Waals surface area contributed by atoms with Gasteiger partial charge in [-0.3, -0.25) is 0 Å². The molecule has 0 saturated carbocycles. The van der Waals surface area contributed by atoms with E-state index in [1.807, 2.05) is 6.07 Å². The molecule has 6 heteroatoms. The van der Waals surface area contributed by atoms with Gasteiger partial charge in [-0.2, -0.15) is 0 Å². The second kappa shape index (κ2) is 5.74. The second-order valence-corrected chi connectivity index (χ2v) is 5.65. The quantitative estimate of drug-likeness (QED) is 0.820. The minimum absolute atomic E-state index is 0.225. The van der Waals surface area contributed by atoms with E-state index < -0.39 is 8.25 Å². The Morgan fingerprint density at radius 2 is 2.39 bits per heavy atom. The van der Waals surface area contributed by atoms with Crippen LogP contribution in [0.4, 0.5) is 0 Å². The summed E-state index contributed by atoms with van der Waals surface area (Å²) in [5, 5.41) is 3.48. The van der Waals surface area contributed by atoms with Crippen LogP contribution in [0, 0.1) is 5.92 Å². The van der Waals surface area contributed by atoms with Crippen molar-refractivity contribution >= 4 is 8.25 Å². The van der Waals surface area contributed by atoms with Crippen LogP contribution in [0.5, 0.6) is 5.88 Å². The third-order valence-corrected chi connectivity index (χ3v) is 3.33. The number of nitrogens with zero attached hydrogens (tertiary/aromatic N) is 1. The second-order valence-electron chi connectivity index (χ2n) is 5.00. The van der Waals surface area contributed by atoms with Crippen LogP contribution in [-0.2, 0) is 17.5 Å². The van der Waals surface area contributed by atoms with E-state index in [9.17, 15) is 4.57 Å². The van der Waals surface area contributed by atoms with Crippen LogP contribution in [0.15, 0.2) is 12.1 Å². The molecule has 18 heavy (non-hydrogen) atoms. The molecule has 0 amide bonds. The van der Waals surface area contributed by atoms with Crippen LogP contribution in [0.3, 0.4) is 0 Å². The van der Waals surface area contributed by atoms with Crippen molar-refractivity contribution in [3.8, 4) is 5.88 Å². The fourth-order valence-electron chi connectivity index (χ4n) is 2.27. The summed E-state index contributed by atoms with van der Waals surface area (Å²) in [7, 11) is -2.64. The molecule has 1 aliphatic heterocycles. The molecule has 0 aliphatic carbocycles. The predicted molar refractivity (Wildman–Crippen MR) is 68.5 cm³/mol. The van der Waals surface area contributed by atoms with E-state index in [0.29, 0.717) is 12.0 Å². The Morgan fingerprint density at radius 3 is 3.06 bits per heavy atom. The molecule has 2 heterocycles. The van der Waals surface area contributed by atoms with Crippen LogP contribution in [0.25, 0.3) is 0 Å². The molecule has 0 radical (unpaired) electrons. The Kier molecular flexibility index (Phi) is 4.27. The normalized spacial score (nSPS) is 19.6. The van der Waals surface area contributed by atoms with Crippen molar-refractivity contribution in [2.45, 2.75) is 39.3 Å². The first kappa shape index (κ1) is 13.4. The topological polar surface area (TPSA) is 71.5 Å². The zero-order valence-electron chi connectivity index (χ0n) is 10.6. The number of aromatic nitrogens is 1. The largest absolute Gasteiger partial charge is 0.749 e. The fourth-order valence-corrected chi connectivity index (χ4v) is 2.54. The Hall–Kier alpha value is -1.03. The zero-order valence-corrected chi connectivity index (χ0v) is 11.5. The van der Waals surface area contributed by atoms with Gasteiger partial charge in [-0.05, 0) is 17.9 Å². The number of nitrogens with one attached hydrogen (secondary N) is 1. The van der Waals surface area contributed by atoms with Crippen molar-refractivity contribution in [3.63, 3.8) is 0 Å². The summed E-state index contributed by atoms with van der Waals surface area (Å²) in [6.45, 7) is 5.19. The SMILES string of the molecule is CC(C)CC1Cc2nc(O[P+](=O)O)ccc2CN1. The fraction of sp³-hybridized carbons (Fsp3) is 0.583. The molecule has 1 aromatic rings. The first-order valence-electron chi connectivity index (χ1n) is 6.11.